The molecular weight excluding hydrogens is 274 g/mol. The first-order valence-corrected chi connectivity index (χ1v) is 8.58. The first kappa shape index (κ1) is 15.7. The molecule has 1 amide bonds. The number of rotatable bonds is 6. The predicted octanol–water partition coefficient (Wildman–Crippen LogP) is 2.46. The van der Waals surface area contributed by atoms with Crippen molar-refractivity contribution in [3.05, 3.63) is 0 Å². The first-order chi connectivity index (χ1) is 9.56. The molecule has 2 fully saturated rings. The van der Waals surface area contributed by atoms with Gasteiger partial charge in [-0.25, -0.2) is 0 Å². The Kier molecular flexibility index (Phi) is 5.35. The third-order valence-electron chi connectivity index (χ3n) is 4.36. The zero-order chi connectivity index (χ0) is 14.6. The fourth-order valence-corrected chi connectivity index (χ4v) is 3.96. The van der Waals surface area contributed by atoms with Gasteiger partial charge in [-0.3, -0.25) is 9.59 Å². The van der Waals surface area contributed by atoms with Crippen molar-refractivity contribution in [2.45, 2.75) is 50.7 Å². The van der Waals surface area contributed by atoms with Gasteiger partial charge in [0.25, 0.3) is 0 Å². The third kappa shape index (κ3) is 4.14. The summed E-state index contributed by atoms with van der Waals surface area (Å²) in [4.78, 5) is 25.7. The van der Waals surface area contributed by atoms with Gasteiger partial charge in [0.15, 0.2) is 0 Å². The van der Waals surface area contributed by atoms with Crippen molar-refractivity contribution in [3.8, 4) is 0 Å². The normalized spacial score (nSPS) is 22.2. The van der Waals surface area contributed by atoms with Gasteiger partial charge in [-0.15, -0.1) is 11.8 Å². The zero-order valence-corrected chi connectivity index (χ0v) is 13.3. The van der Waals surface area contributed by atoms with E-state index in [2.05, 4.69) is 0 Å². The molecule has 1 atom stereocenters. The van der Waals surface area contributed by atoms with Crippen LogP contribution >= 0.6 is 11.8 Å². The van der Waals surface area contributed by atoms with E-state index < -0.39 is 0 Å². The predicted molar refractivity (Wildman–Crippen MR) is 80.7 cm³/mol. The Morgan fingerprint density at radius 1 is 1.25 bits per heavy atom. The molecule has 1 saturated carbocycles. The number of piperidine rings is 1. The van der Waals surface area contributed by atoms with Crippen LogP contribution in [-0.2, 0) is 14.3 Å². The number of methoxy groups -OCH3 is 1. The molecule has 4 nitrogen and oxygen atoms in total. The van der Waals surface area contributed by atoms with Crippen molar-refractivity contribution in [3.63, 3.8) is 0 Å². The molecule has 0 N–H and O–H groups in total. The lowest BCUT2D eigenvalue weighted by Gasteiger charge is -2.29. The molecular formula is C15H25NO3S. The Hall–Kier alpha value is -0.710. The summed E-state index contributed by atoms with van der Waals surface area (Å²) < 4.78 is 4.75. The molecule has 0 radical (unpaired) electrons. The molecule has 0 spiro atoms. The summed E-state index contributed by atoms with van der Waals surface area (Å²) in [5, 5.41) is 0.00298. The van der Waals surface area contributed by atoms with E-state index >= 15 is 0 Å². The van der Waals surface area contributed by atoms with Gasteiger partial charge in [0.2, 0.25) is 5.91 Å². The number of carbonyl (C=O) groups is 2. The van der Waals surface area contributed by atoms with E-state index in [1.165, 1.54) is 13.5 Å². The molecule has 20 heavy (non-hydrogen) atoms. The number of carbonyl (C=O) groups excluding carboxylic acids is 2. The number of nitrogens with zero attached hydrogens (tertiary/aromatic N) is 1. The van der Waals surface area contributed by atoms with Gasteiger partial charge < -0.3 is 9.64 Å². The monoisotopic (exact) mass is 299 g/mol. The highest BCUT2D eigenvalue weighted by molar-refractivity contribution is 8.00. The maximum Gasteiger partial charge on any atom is 0.306 e. The van der Waals surface area contributed by atoms with Crippen molar-refractivity contribution >= 4 is 23.6 Å². The molecule has 1 unspecified atom stereocenters. The first-order valence-electron chi connectivity index (χ1n) is 7.53. The highest BCUT2D eigenvalue weighted by atomic mass is 32.2. The Bertz CT molecular complexity index is 362. The van der Waals surface area contributed by atoms with Crippen molar-refractivity contribution in [2.24, 2.45) is 5.41 Å². The van der Waals surface area contributed by atoms with Gasteiger partial charge >= 0.3 is 5.97 Å². The van der Waals surface area contributed by atoms with Gasteiger partial charge in [0, 0.05) is 18.8 Å². The van der Waals surface area contributed by atoms with Crippen LogP contribution in [0.1, 0.15) is 45.4 Å². The molecule has 0 bridgehead atoms. The lowest BCUT2D eigenvalue weighted by atomic mass is 10.1. The Balaban J connectivity index is 1.75. The van der Waals surface area contributed by atoms with Gasteiger partial charge in [-0.05, 0) is 44.4 Å². The van der Waals surface area contributed by atoms with Crippen molar-refractivity contribution in [1.82, 2.24) is 4.90 Å². The van der Waals surface area contributed by atoms with Crippen LogP contribution < -0.4 is 0 Å². The minimum Gasteiger partial charge on any atom is -0.469 e. The van der Waals surface area contributed by atoms with Crippen molar-refractivity contribution in [1.29, 1.82) is 0 Å². The van der Waals surface area contributed by atoms with Gasteiger partial charge in [-0.2, -0.15) is 0 Å². The number of likely N-dealkylation sites (tertiary alicyclic amines) is 1. The molecule has 1 aliphatic heterocycles. The summed E-state index contributed by atoms with van der Waals surface area (Å²) >= 11 is 1.70. The molecule has 0 aromatic carbocycles. The number of ether oxygens (including phenoxy) is 1. The van der Waals surface area contributed by atoms with Crippen molar-refractivity contribution < 1.29 is 14.3 Å². The summed E-state index contributed by atoms with van der Waals surface area (Å²) in [6, 6.07) is 0. The Labute approximate surface area is 125 Å². The van der Waals surface area contributed by atoms with E-state index in [0.717, 1.165) is 44.5 Å². The topological polar surface area (TPSA) is 46.6 Å². The van der Waals surface area contributed by atoms with Crippen LogP contribution in [0.5, 0.6) is 0 Å². The van der Waals surface area contributed by atoms with E-state index in [-0.39, 0.29) is 22.5 Å². The maximum atomic E-state index is 12.3. The lowest BCUT2D eigenvalue weighted by molar-refractivity contribution is -0.141. The second-order valence-electron chi connectivity index (χ2n) is 6.09. The van der Waals surface area contributed by atoms with Crippen molar-refractivity contribution in [2.75, 3.05) is 26.0 Å². The largest absolute Gasteiger partial charge is 0.469 e. The molecule has 2 rings (SSSR count). The average Bonchev–Trinajstić information content (AvgIpc) is 3.24. The van der Waals surface area contributed by atoms with Crippen LogP contribution in [0.4, 0.5) is 0 Å². The van der Waals surface area contributed by atoms with Crippen LogP contribution in [0.2, 0.25) is 0 Å². The zero-order valence-electron chi connectivity index (χ0n) is 12.5. The number of amides is 1. The van der Waals surface area contributed by atoms with E-state index in [9.17, 15) is 9.59 Å². The second-order valence-corrected chi connectivity index (χ2v) is 7.42. The third-order valence-corrected chi connectivity index (χ3v) is 5.84. The number of thioether (sulfide) groups is 1. The Morgan fingerprint density at radius 3 is 2.45 bits per heavy atom. The fourth-order valence-electron chi connectivity index (χ4n) is 2.67. The van der Waals surface area contributed by atoms with Gasteiger partial charge in [-0.1, -0.05) is 0 Å². The quantitative estimate of drug-likeness (QED) is 0.707. The number of hydrogen-bond donors (Lipinski definition) is 0. The van der Waals surface area contributed by atoms with E-state index in [0.29, 0.717) is 6.42 Å². The SMILES string of the molecule is COC(=O)CC1(CSC(C)C(=O)N2CCCCC2)CC1. The lowest BCUT2D eigenvalue weighted by Crippen LogP contribution is -2.40. The minimum atomic E-state index is -0.127. The van der Waals surface area contributed by atoms with Crippen LogP contribution in [-0.4, -0.2) is 48.0 Å². The minimum absolute atomic E-state index is 0.00298. The van der Waals surface area contributed by atoms with Crippen LogP contribution in [0.15, 0.2) is 0 Å². The smallest absolute Gasteiger partial charge is 0.306 e. The van der Waals surface area contributed by atoms with Crippen LogP contribution in [0, 0.1) is 5.41 Å². The second kappa shape index (κ2) is 6.83. The van der Waals surface area contributed by atoms with Gasteiger partial charge in [0.1, 0.15) is 0 Å². The summed E-state index contributed by atoms with van der Waals surface area (Å²) in [5.41, 5.74) is 0.105. The highest BCUT2D eigenvalue weighted by Crippen LogP contribution is 2.51. The fraction of sp³-hybridized carbons (Fsp3) is 0.867. The average molecular weight is 299 g/mol. The molecule has 0 aromatic rings. The van der Waals surface area contributed by atoms with E-state index in [1.54, 1.807) is 11.8 Å². The summed E-state index contributed by atoms with van der Waals surface area (Å²) in [6.45, 7) is 3.82. The van der Waals surface area contributed by atoms with E-state index in [4.69, 9.17) is 4.74 Å². The molecule has 114 valence electrons. The molecule has 1 saturated heterocycles. The van der Waals surface area contributed by atoms with Crippen LogP contribution in [0.25, 0.3) is 0 Å². The highest BCUT2D eigenvalue weighted by Gasteiger charge is 2.45. The summed E-state index contributed by atoms with van der Waals surface area (Å²) in [7, 11) is 1.44. The van der Waals surface area contributed by atoms with Gasteiger partial charge in [0.05, 0.1) is 18.8 Å². The molecule has 2 aliphatic rings. The number of hydrogen-bond acceptors (Lipinski definition) is 4. The standard InChI is InChI=1S/C15H25NO3S/c1-12(14(18)16-8-4-3-5-9-16)20-11-15(6-7-15)10-13(17)19-2/h12H,3-11H2,1-2H3. The molecule has 1 heterocycles. The molecule has 5 heteroatoms. The van der Waals surface area contributed by atoms with Crippen LogP contribution in [0.3, 0.4) is 0 Å². The molecule has 1 aliphatic carbocycles. The summed E-state index contributed by atoms with van der Waals surface area (Å²) in [6.07, 6.45) is 6.18. The number of esters is 1. The molecule has 0 aromatic heterocycles. The maximum absolute atomic E-state index is 12.3. The summed E-state index contributed by atoms with van der Waals surface area (Å²) in [5.74, 6) is 1.03. The van der Waals surface area contributed by atoms with E-state index in [1.807, 2.05) is 11.8 Å². The Morgan fingerprint density at radius 2 is 1.90 bits per heavy atom.